The van der Waals surface area contributed by atoms with Gasteiger partial charge in [0.1, 0.15) is 17.7 Å². The maximum absolute atomic E-state index is 12.6. The molecule has 1 saturated heterocycles. The zero-order valence-electron chi connectivity index (χ0n) is 13.3. The van der Waals surface area contributed by atoms with Crippen molar-refractivity contribution < 1.29 is 9.59 Å². The third-order valence-electron chi connectivity index (χ3n) is 3.90. The second-order valence-electron chi connectivity index (χ2n) is 5.66. The fourth-order valence-corrected chi connectivity index (χ4v) is 2.96. The van der Waals surface area contributed by atoms with Crippen LogP contribution in [0.1, 0.15) is 22.5 Å². The number of nitrogens with two attached hydrogens (primary N) is 1. The minimum Gasteiger partial charge on any atom is -0.366 e. The molecular weight excluding hydrogens is 332 g/mol. The van der Waals surface area contributed by atoms with Crippen LogP contribution in [0, 0.1) is 6.92 Å². The number of anilines is 2. The van der Waals surface area contributed by atoms with Crippen LogP contribution in [0.5, 0.6) is 0 Å². The van der Waals surface area contributed by atoms with Gasteiger partial charge in [-0.2, -0.15) is 5.10 Å². The van der Waals surface area contributed by atoms with E-state index in [4.69, 9.17) is 17.3 Å². The predicted octanol–water partition coefficient (Wildman–Crippen LogP) is 1.09. The lowest BCUT2D eigenvalue weighted by Gasteiger charge is -2.17. The molecule has 8 nitrogen and oxygen atoms in total. The van der Waals surface area contributed by atoms with Gasteiger partial charge in [0.25, 0.3) is 5.91 Å². The van der Waals surface area contributed by atoms with Gasteiger partial charge in [-0.25, -0.2) is 4.98 Å². The van der Waals surface area contributed by atoms with Crippen LogP contribution in [0.15, 0.2) is 18.3 Å². The van der Waals surface area contributed by atoms with Crippen molar-refractivity contribution >= 4 is 35.1 Å². The van der Waals surface area contributed by atoms with E-state index >= 15 is 0 Å². The van der Waals surface area contributed by atoms with Crippen molar-refractivity contribution in [3.63, 3.8) is 0 Å². The zero-order valence-corrected chi connectivity index (χ0v) is 14.0. The molecule has 1 aliphatic heterocycles. The highest BCUT2D eigenvalue weighted by molar-refractivity contribution is 6.33. The molecule has 9 heteroatoms. The summed E-state index contributed by atoms with van der Waals surface area (Å²) in [6, 6.07) is 2.86. The zero-order chi connectivity index (χ0) is 17.4. The number of carbonyl (C=O) groups is 2. The van der Waals surface area contributed by atoms with Crippen LogP contribution in [0.2, 0.25) is 5.02 Å². The summed E-state index contributed by atoms with van der Waals surface area (Å²) in [6.07, 6.45) is 1.94. The van der Waals surface area contributed by atoms with E-state index < -0.39 is 11.9 Å². The Balaban J connectivity index is 1.77. The molecule has 2 aromatic rings. The van der Waals surface area contributed by atoms with Gasteiger partial charge in [0.15, 0.2) is 0 Å². The Morgan fingerprint density at radius 3 is 2.79 bits per heavy atom. The highest BCUT2D eigenvalue weighted by atomic mass is 35.5. The van der Waals surface area contributed by atoms with E-state index in [1.165, 1.54) is 12.3 Å². The van der Waals surface area contributed by atoms with Crippen molar-refractivity contribution in [2.45, 2.75) is 19.4 Å². The monoisotopic (exact) mass is 348 g/mol. The molecule has 0 aliphatic carbocycles. The highest BCUT2D eigenvalue weighted by Gasteiger charge is 2.34. The lowest BCUT2D eigenvalue weighted by Crippen LogP contribution is -2.34. The van der Waals surface area contributed by atoms with E-state index in [1.54, 1.807) is 16.6 Å². The molecule has 2 amide bonds. The molecule has 1 fully saturated rings. The van der Waals surface area contributed by atoms with Gasteiger partial charge >= 0.3 is 0 Å². The molecule has 126 valence electrons. The maximum Gasteiger partial charge on any atom is 0.250 e. The summed E-state index contributed by atoms with van der Waals surface area (Å²) in [7, 11) is 1.80. The Kier molecular flexibility index (Phi) is 4.15. The third kappa shape index (κ3) is 2.92. The smallest absolute Gasteiger partial charge is 0.250 e. The Morgan fingerprint density at radius 1 is 1.46 bits per heavy atom. The largest absolute Gasteiger partial charge is 0.366 e. The first-order valence-corrected chi connectivity index (χ1v) is 7.78. The van der Waals surface area contributed by atoms with Crippen LogP contribution in [0.3, 0.4) is 0 Å². The molecule has 24 heavy (non-hydrogen) atoms. The number of pyridine rings is 1. The minimum absolute atomic E-state index is 0.0742. The Morgan fingerprint density at radius 2 is 2.21 bits per heavy atom. The maximum atomic E-state index is 12.6. The van der Waals surface area contributed by atoms with E-state index in [2.05, 4.69) is 15.4 Å². The molecule has 3 N–H and O–H groups in total. The van der Waals surface area contributed by atoms with Crippen molar-refractivity contribution in [2.75, 3.05) is 16.8 Å². The van der Waals surface area contributed by atoms with Crippen molar-refractivity contribution in [1.82, 2.24) is 14.8 Å². The van der Waals surface area contributed by atoms with Crippen LogP contribution in [-0.2, 0) is 11.8 Å². The Bertz CT molecular complexity index is 818. The molecule has 2 aromatic heterocycles. The molecule has 1 atom stereocenters. The van der Waals surface area contributed by atoms with Crippen LogP contribution < -0.4 is 16.0 Å². The summed E-state index contributed by atoms with van der Waals surface area (Å²) in [5, 5.41) is 7.54. The molecule has 0 saturated carbocycles. The van der Waals surface area contributed by atoms with Crippen LogP contribution in [0.25, 0.3) is 0 Å². The quantitative estimate of drug-likeness (QED) is 0.860. The average molecular weight is 349 g/mol. The number of primary amides is 1. The fraction of sp³-hybridized carbons (Fsp3) is 0.333. The minimum atomic E-state index is -0.606. The molecule has 0 bridgehead atoms. The molecule has 1 unspecified atom stereocenters. The van der Waals surface area contributed by atoms with E-state index in [9.17, 15) is 9.59 Å². The number of rotatable bonds is 4. The SMILES string of the molecule is Cc1cc(N2CCC(Nc3ncc(C(N)=O)cc3Cl)C2=O)n(C)n1. The van der Waals surface area contributed by atoms with Gasteiger partial charge in [0.05, 0.1) is 16.3 Å². The van der Waals surface area contributed by atoms with Crippen LogP contribution in [-0.4, -0.2) is 39.2 Å². The number of nitrogens with zero attached hydrogens (tertiary/aromatic N) is 4. The van der Waals surface area contributed by atoms with E-state index in [-0.39, 0.29) is 16.5 Å². The Labute approximate surface area is 143 Å². The van der Waals surface area contributed by atoms with Crippen LogP contribution >= 0.6 is 11.6 Å². The highest BCUT2D eigenvalue weighted by Crippen LogP contribution is 2.26. The van der Waals surface area contributed by atoms with E-state index in [0.717, 1.165) is 11.5 Å². The first-order valence-electron chi connectivity index (χ1n) is 7.40. The molecule has 0 radical (unpaired) electrons. The molecule has 0 aromatic carbocycles. The number of hydrogen-bond donors (Lipinski definition) is 2. The number of hydrogen-bond acceptors (Lipinski definition) is 5. The van der Waals surface area contributed by atoms with Crippen molar-refractivity contribution in [3.05, 3.63) is 34.6 Å². The molecule has 0 spiro atoms. The van der Waals surface area contributed by atoms with Gasteiger partial charge < -0.3 is 11.1 Å². The third-order valence-corrected chi connectivity index (χ3v) is 4.18. The van der Waals surface area contributed by atoms with Gasteiger partial charge in [0.2, 0.25) is 5.91 Å². The number of halogens is 1. The van der Waals surface area contributed by atoms with Gasteiger partial charge in [-0.1, -0.05) is 11.6 Å². The molecular formula is C15H17ClN6O2. The molecule has 3 heterocycles. The first kappa shape index (κ1) is 16.3. The van der Waals surface area contributed by atoms with Crippen molar-refractivity contribution in [3.8, 4) is 0 Å². The van der Waals surface area contributed by atoms with Crippen LogP contribution in [0.4, 0.5) is 11.6 Å². The molecule has 1 aliphatic rings. The number of aryl methyl sites for hydroxylation is 2. The number of amides is 2. The predicted molar refractivity (Wildman–Crippen MR) is 90.1 cm³/mol. The standard InChI is InChI=1S/C15H17ClN6O2/c1-8-5-12(21(2)20-8)22-4-3-11(15(22)24)19-14-10(16)6-9(7-18-14)13(17)23/h5-7,11H,3-4H2,1-2H3,(H2,17,23)(H,18,19). The number of carbonyl (C=O) groups excluding carboxylic acids is 2. The van der Waals surface area contributed by atoms with Crippen molar-refractivity contribution in [1.29, 1.82) is 0 Å². The second kappa shape index (κ2) is 6.12. The summed E-state index contributed by atoms with van der Waals surface area (Å²) in [5.41, 5.74) is 6.26. The number of nitrogens with one attached hydrogen (secondary N) is 1. The summed E-state index contributed by atoms with van der Waals surface area (Å²) in [5.74, 6) is 0.425. The van der Waals surface area contributed by atoms with E-state index in [0.29, 0.717) is 18.8 Å². The second-order valence-corrected chi connectivity index (χ2v) is 6.07. The summed E-state index contributed by atoms with van der Waals surface area (Å²) in [6.45, 7) is 2.45. The fourth-order valence-electron chi connectivity index (χ4n) is 2.73. The van der Waals surface area contributed by atoms with Gasteiger partial charge in [-0.15, -0.1) is 0 Å². The lowest BCUT2D eigenvalue weighted by atomic mass is 10.2. The number of aromatic nitrogens is 3. The Hall–Kier alpha value is -2.61. The summed E-state index contributed by atoms with van der Waals surface area (Å²) >= 11 is 6.11. The summed E-state index contributed by atoms with van der Waals surface area (Å²) in [4.78, 5) is 29.5. The average Bonchev–Trinajstić information content (AvgIpc) is 3.03. The summed E-state index contributed by atoms with van der Waals surface area (Å²) < 4.78 is 1.68. The topological polar surface area (TPSA) is 106 Å². The van der Waals surface area contributed by atoms with Gasteiger partial charge in [-0.3, -0.25) is 19.2 Å². The normalized spacial score (nSPS) is 17.4. The van der Waals surface area contributed by atoms with Gasteiger partial charge in [-0.05, 0) is 19.4 Å². The van der Waals surface area contributed by atoms with E-state index in [1.807, 2.05) is 13.0 Å². The first-order chi connectivity index (χ1) is 11.4. The lowest BCUT2D eigenvalue weighted by molar-refractivity contribution is -0.117. The van der Waals surface area contributed by atoms with Gasteiger partial charge in [0, 0.05) is 25.9 Å². The molecule has 3 rings (SSSR count). The van der Waals surface area contributed by atoms with Crippen molar-refractivity contribution in [2.24, 2.45) is 12.8 Å².